The second-order valence-electron chi connectivity index (χ2n) is 5.84. The molecule has 4 nitrogen and oxygen atoms in total. The number of ether oxygens (including phenoxy) is 1. The molecule has 1 saturated heterocycles. The molecule has 1 fully saturated rings. The third kappa shape index (κ3) is 5.05. The summed E-state index contributed by atoms with van der Waals surface area (Å²) in [7, 11) is 1.67. The number of carbonyl (C=O) groups is 1. The third-order valence-electron chi connectivity index (χ3n) is 4.16. The fourth-order valence-corrected chi connectivity index (χ4v) is 2.59. The summed E-state index contributed by atoms with van der Waals surface area (Å²) in [5.41, 5.74) is 1.25. The van der Waals surface area contributed by atoms with E-state index in [2.05, 4.69) is 24.4 Å². The van der Waals surface area contributed by atoms with Gasteiger partial charge in [-0.3, -0.25) is 4.79 Å². The van der Waals surface area contributed by atoms with Crippen LogP contribution in [-0.4, -0.2) is 44.1 Å². The molecule has 1 N–H and O–H groups in total. The SMILES string of the molecule is COc1ccc(CCNCC(=O)N2CCC(C)CC2)cc1. The van der Waals surface area contributed by atoms with Crippen molar-refractivity contribution in [1.29, 1.82) is 0 Å². The number of nitrogens with one attached hydrogen (secondary N) is 1. The van der Waals surface area contributed by atoms with Gasteiger partial charge in [0, 0.05) is 13.1 Å². The van der Waals surface area contributed by atoms with E-state index in [1.165, 1.54) is 5.56 Å². The quantitative estimate of drug-likeness (QED) is 0.816. The smallest absolute Gasteiger partial charge is 0.236 e. The highest BCUT2D eigenvalue weighted by atomic mass is 16.5. The summed E-state index contributed by atoms with van der Waals surface area (Å²) < 4.78 is 5.14. The summed E-state index contributed by atoms with van der Waals surface area (Å²) in [4.78, 5) is 14.0. The van der Waals surface area contributed by atoms with E-state index in [0.717, 1.165) is 50.6 Å². The van der Waals surface area contributed by atoms with Crippen molar-refractivity contribution in [2.75, 3.05) is 33.3 Å². The molecule has 1 aliphatic heterocycles. The lowest BCUT2D eigenvalue weighted by molar-refractivity contribution is -0.131. The monoisotopic (exact) mass is 290 g/mol. The molecule has 0 saturated carbocycles. The first-order valence-electron chi connectivity index (χ1n) is 7.80. The lowest BCUT2D eigenvalue weighted by Crippen LogP contribution is -2.42. The molecule has 1 aromatic rings. The van der Waals surface area contributed by atoms with Crippen molar-refractivity contribution < 1.29 is 9.53 Å². The topological polar surface area (TPSA) is 41.6 Å². The van der Waals surface area contributed by atoms with Gasteiger partial charge in [-0.25, -0.2) is 0 Å². The van der Waals surface area contributed by atoms with E-state index in [-0.39, 0.29) is 5.91 Å². The molecule has 0 atom stereocenters. The minimum Gasteiger partial charge on any atom is -0.497 e. The Balaban J connectivity index is 1.63. The van der Waals surface area contributed by atoms with Crippen LogP contribution in [0.5, 0.6) is 5.75 Å². The molecule has 1 heterocycles. The van der Waals surface area contributed by atoms with Crippen molar-refractivity contribution in [1.82, 2.24) is 10.2 Å². The Morgan fingerprint density at radius 1 is 1.29 bits per heavy atom. The summed E-state index contributed by atoms with van der Waals surface area (Å²) in [5.74, 6) is 1.87. The molecule has 1 aliphatic rings. The molecule has 0 radical (unpaired) electrons. The molecular formula is C17H26N2O2. The maximum Gasteiger partial charge on any atom is 0.236 e. The minimum atomic E-state index is 0.233. The van der Waals surface area contributed by atoms with E-state index < -0.39 is 0 Å². The standard InChI is InChI=1S/C17H26N2O2/c1-14-8-11-19(12-9-14)17(20)13-18-10-7-15-3-5-16(21-2)6-4-15/h3-6,14,18H,7-13H2,1-2H3. The number of carbonyl (C=O) groups excluding carboxylic acids is 1. The number of hydrogen-bond donors (Lipinski definition) is 1. The first-order chi connectivity index (χ1) is 10.2. The second-order valence-corrected chi connectivity index (χ2v) is 5.84. The van der Waals surface area contributed by atoms with E-state index >= 15 is 0 Å². The van der Waals surface area contributed by atoms with Gasteiger partial charge in [0.05, 0.1) is 13.7 Å². The number of methoxy groups -OCH3 is 1. The number of benzene rings is 1. The predicted octanol–water partition coefficient (Wildman–Crippen LogP) is 2.09. The fraction of sp³-hybridized carbons (Fsp3) is 0.588. The van der Waals surface area contributed by atoms with E-state index in [9.17, 15) is 4.79 Å². The van der Waals surface area contributed by atoms with Crippen LogP contribution in [0.4, 0.5) is 0 Å². The van der Waals surface area contributed by atoms with E-state index in [1.54, 1.807) is 7.11 Å². The number of rotatable bonds is 6. The van der Waals surface area contributed by atoms with Crippen molar-refractivity contribution >= 4 is 5.91 Å². The van der Waals surface area contributed by atoms with Crippen LogP contribution in [0, 0.1) is 5.92 Å². The Morgan fingerprint density at radius 2 is 1.95 bits per heavy atom. The molecule has 0 unspecified atom stereocenters. The molecular weight excluding hydrogens is 264 g/mol. The van der Waals surface area contributed by atoms with Gasteiger partial charge in [0.25, 0.3) is 0 Å². The molecule has 2 rings (SSSR count). The molecule has 1 amide bonds. The average molecular weight is 290 g/mol. The normalized spacial score (nSPS) is 16.0. The summed E-state index contributed by atoms with van der Waals surface area (Å²) in [6.07, 6.45) is 3.20. The highest BCUT2D eigenvalue weighted by Gasteiger charge is 2.19. The fourth-order valence-electron chi connectivity index (χ4n) is 2.59. The van der Waals surface area contributed by atoms with Crippen LogP contribution < -0.4 is 10.1 Å². The van der Waals surface area contributed by atoms with Gasteiger partial charge >= 0.3 is 0 Å². The van der Waals surface area contributed by atoms with Gasteiger partial charge in [-0.2, -0.15) is 0 Å². The average Bonchev–Trinajstić information content (AvgIpc) is 2.52. The van der Waals surface area contributed by atoms with E-state index in [1.807, 2.05) is 17.0 Å². The number of likely N-dealkylation sites (tertiary alicyclic amines) is 1. The number of hydrogen-bond acceptors (Lipinski definition) is 3. The van der Waals surface area contributed by atoms with Crippen LogP contribution >= 0.6 is 0 Å². The number of piperidine rings is 1. The first kappa shape index (κ1) is 15.8. The Bertz CT molecular complexity index is 437. The molecule has 0 aromatic heterocycles. The summed E-state index contributed by atoms with van der Waals surface area (Å²) in [6.45, 7) is 5.36. The zero-order valence-electron chi connectivity index (χ0n) is 13.1. The van der Waals surface area contributed by atoms with Gasteiger partial charge < -0.3 is 15.0 Å². The number of nitrogens with zero attached hydrogens (tertiary/aromatic N) is 1. The van der Waals surface area contributed by atoms with Crippen LogP contribution in [0.1, 0.15) is 25.3 Å². The third-order valence-corrected chi connectivity index (χ3v) is 4.16. The summed E-state index contributed by atoms with van der Waals surface area (Å²) in [5, 5.41) is 3.25. The van der Waals surface area contributed by atoms with Gasteiger partial charge in [-0.1, -0.05) is 19.1 Å². The van der Waals surface area contributed by atoms with E-state index in [0.29, 0.717) is 6.54 Å². The van der Waals surface area contributed by atoms with E-state index in [4.69, 9.17) is 4.74 Å². The molecule has 21 heavy (non-hydrogen) atoms. The first-order valence-corrected chi connectivity index (χ1v) is 7.80. The summed E-state index contributed by atoms with van der Waals surface area (Å²) in [6, 6.07) is 8.06. The highest BCUT2D eigenvalue weighted by molar-refractivity contribution is 5.78. The Kier molecular flexibility index (Phi) is 6.05. The van der Waals surface area contributed by atoms with Crippen LogP contribution in [0.2, 0.25) is 0 Å². The molecule has 1 aromatic carbocycles. The number of amides is 1. The maximum atomic E-state index is 12.0. The van der Waals surface area contributed by atoms with Gasteiger partial charge in [0.15, 0.2) is 0 Å². The second kappa shape index (κ2) is 8.03. The molecule has 0 bridgehead atoms. The minimum absolute atomic E-state index is 0.233. The molecule has 0 spiro atoms. The van der Waals surface area contributed by atoms with Crippen LogP contribution in [0.3, 0.4) is 0 Å². The van der Waals surface area contributed by atoms with Gasteiger partial charge in [0.2, 0.25) is 5.91 Å². The van der Waals surface area contributed by atoms with Crippen LogP contribution in [-0.2, 0) is 11.2 Å². The Morgan fingerprint density at radius 3 is 2.57 bits per heavy atom. The van der Waals surface area contributed by atoms with Crippen LogP contribution in [0.25, 0.3) is 0 Å². The molecule has 0 aliphatic carbocycles. The Labute approximate surface area is 127 Å². The largest absolute Gasteiger partial charge is 0.497 e. The zero-order valence-corrected chi connectivity index (χ0v) is 13.1. The molecule has 4 heteroatoms. The maximum absolute atomic E-state index is 12.0. The predicted molar refractivity (Wildman–Crippen MR) is 84.5 cm³/mol. The zero-order chi connectivity index (χ0) is 15.1. The van der Waals surface area contributed by atoms with Crippen molar-refractivity contribution in [3.05, 3.63) is 29.8 Å². The lowest BCUT2D eigenvalue weighted by Gasteiger charge is -2.30. The molecule has 116 valence electrons. The van der Waals surface area contributed by atoms with Gasteiger partial charge in [0.1, 0.15) is 5.75 Å². The van der Waals surface area contributed by atoms with Gasteiger partial charge in [-0.15, -0.1) is 0 Å². The van der Waals surface area contributed by atoms with Crippen molar-refractivity contribution in [2.24, 2.45) is 5.92 Å². The van der Waals surface area contributed by atoms with Gasteiger partial charge in [-0.05, 0) is 49.4 Å². The summed E-state index contributed by atoms with van der Waals surface area (Å²) >= 11 is 0. The van der Waals surface area contributed by atoms with Crippen molar-refractivity contribution in [3.8, 4) is 5.75 Å². The van der Waals surface area contributed by atoms with Crippen molar-refractivity contribution in [3.63, 3.8) is 0 Å². The highest BCUT2D eigenvalue weighted by Crippen LogP contribution is 2.15. The lowest BCUT2D eigenvalue weighted by atomic mass is 9.99. The van der Waals surface area contributed by atoms with Crippen molar-refractivity contribution in [2.45, 2.75) is 26.2 Å². The van der Waals surface area contributed by atoms with Crippen LogP contribution in [0.15, 0.2) is 24.3 Å². The Hall–Kier alpha value is -1.55.